The highest BCUT2D eigenvalue weighted by Crippen LogP contribution is 2.36. The number of anilines is 2. The summed E-state index contributed by atoms with van der Waals surface area (Å²) in [6.07, 6.45) is 4.82. The first-order valence-corrected chi connectivity index (χ1v) is 14.0. The first kappa shape index (κ1) is 27.2. The van der Waals surface area contributed by atoms with Gasteiger partial charge in [-0.15, -0.1) is 0 Å². The molecule has 1 saturated heterocycles. The first-order valence-electron chi connectivity index (χ1n) is 14.0. The SMILES string of the molecule is CCn1cc(C(=O)Nc2ccc(-c3cc(C4CCNCC4)n4ncnc(N)c34)cc2)c(=O)n(-c2cccc(C)c2)c1=O. The summed E-state index contributed by atoms with van der Waals surface area (Å²) >= 11 is 0. The van der Waals surface area contributed by atoms with Crippen molar-refractivity contribution >= 4 is 22.9 Å². The quantitative estimate of drug-likeness (QED) is 0.287. The molecule has 0 radical (unpaired) electrons. The molecule has 1 aliphatic rings. The second-order valence-electron chi connectivity index (χ2n) is 10.5. The molecule has 2 aromatic carbocycles. The van der Waals surface area contributed by atoms with E-state index in [1.54, 1.807) is 37.3 Å². The lowest BCUT2D eigenvalue weighted by Gasteiger charge is -2.22. The van der Waals surface area contributed by atoms with Gasteiger partial charge in [0.05, 0.1) is 5.69 Å². The van der Waals surface area contributed by atoms with Crippen LogP contribution in [0.2, 0.25) is 0 Å². The number of nitrogens with zero attached hydrogens (tertiary/aromatic N) is 5. The Morgan fingerprint density at radius 3 is 2.57 bits per heavy atom. The van der Waals surface area contributed by atoms with Crippen molar-refractivity contribution in [2.24, 2.45) is 0 Å². The highest BCUT2D eigenvalue weighted by atomic mass is 16.2. The second kappa shape index (κ2) is 11.1. The van der Waals surface area contributed by atoms with E-state index in [1.807, 2.05) is 29.6 Å². The van der Waals surface area contributed by atoms with E-state index < -0.39 is 17.2 Å². The summed E-state index contributed by atoms with van der Waals surface area (Å²) in [5.41, 5.74) is 10.5. The molecule has 11 nitrogen and oxygen atoms in total. The minimum atomic E-state index is -0.675. The molecule has 5 aromatic rings. The van der Waals surface area contributed by atoms with E-state index in [-0.39, 0.29) is 5.56 Å². The summed E-state index contributed by atoms with van der Waals surface area (Å²) in [7, 11) is 0. The van der Waals surface area contributed by atoms with Gasteiger partial charge in [-0.25, -0.2) is 18.9 Å². The minimum Gasteiger partial charge on any atom is -0.382 e. The lowest BCUT2D eigenvalue weighted by molar-refractivity contribution is 0.102. The maximum absolute atomic E-state index is 13.4. The van der Waals surface area contributed by atoms with Gasteiger partial charge in [0.25, 0.3) is 11.5 Å². The smallest absolute Gasteiger partial charge is 0.335 e. The summed E-state index contributed by atoms with van der Waals surface area (Å²) in [5, 5.41) is 10.7. The normalized spacial score (nSPS) is 13.9. The third-order valence-corrected chi connectivity index (χ3v) is 7.82. The van der Waals surface area contributed by atoms with E-state index >= 15 is 0 Å². The molecule has 1 aliphatic heterocycles. The third kappa shape index (κ3) is 4.88. The van der Waals surface area contributed by atoms with E-state index in [4.69, 9.17) is 5.73 Å². The van der Waals surface area contributed by atoms with E-state index in [0.717, 1.165) is 58.4 Å². The molecule has 42 heavy (non-hydrogen) atoms. The van der Waals surface area contributed by atoms with Crippen molar-refractivity contribution in [3.8, 4) is 16.8 Å². The van der Waals surface area contributed by atoms with Gasteiger partial charge in [-0.1, -0.05) is 24.3 Å². The number of fused-ring (bicyclic) bond motifs is 1. The van der Waals surface area contributed by atoms with E-state index in [1.165, 1.54) is 17.1 Å². The maximum Gasteiger partial charge on any atom is 0.335 e. The van der Waals surface area contributed by atoms with Gasteiger partial charge < -0.3 is 16.4 Å². The van der Waals surface area contributed by atoms with Crippen LogP contribution in [-0.4, -0.2) is 42.7 Å². The molecule has 0 bridgehead atoms. The van der Waals surface area contributed by atoms with E-state index in [2.05, 4.69) is 26.8 Å². The van der Waals surface area contributed by atoms with Gasteiger partial charge in [0.2, 0.25) is 0 Å². The number of nitrogens with one attached hydrogen (secondary N) is 2. The number of piperidine rings is 1. The highest BCUT2D eigenvalue weighted by Gasteiger charge is 2.23. The predicted octanol–water partition coefficient (Wildman–Crippen LogP) is 3.34. The van der Waals surface area contributed by atoms with Crippen molar-refractivity contribution in [2.75, 3.05) is 24.1 Å². The van der Waals surface area contributed by atoms with Crippen LogP contribution in [-0.2, 0) is 6.54 Å². The van der Waals surface area contributed by atoms with Crippen LogP contribution in [0.3, 0.4) is 0 Å². The zero-order valence-electron chi connectivity index (χ0n) is 23.5. The number of aryl methyl sites for hydroxylation is 2. The van der Waals surface area contributed by atoms with Gasteiger partial charge >= 0.3 is 5.69 Å². The van der Waals surface area contributed by atoms with Crippen LogP contribution < -0.4 is 27.6 Å². The number of hydrogen-bond donors (Lipinski definition) is 3. The number of nitrogens with two attached hydrogens (primary N) is 1. The number of aromatic nitrogens is 5. The van der Waals surface area contributed by atoms with Crippen LogP contribution in [0.25, 0.3) is 22.3 Å². The number of hydrogen-bond acceptors (Lipinski definition) is 7. The second-order valence-corrected chi connectivity index (χ2v) is 10.5. The molecule has 6 rings (SSSR count). The lowest BCUT2D eigenvalue weighted by Crippen LogP contribution is -2.42. The van der Waals surface area contributed by atoms with Gasteiger partial charge in [0.15, 0.2) is 5.82 Å². The molecule has 0 atom stereocenters. The van der Waals surface area contributed by atoms with Crippen molar-refractivity contribution in [1.82, 2.24) is 29.0 Å². The number of benzene rings is 2. The standard InChI is InChI=1S/C31H32N8O3/c1-3-37-17-25(30(41)38(31(37)42)23-6-4-5-19(2)15-23)29(40)36-22-9-7-20(8-10-22)24-16-26(21-11-13-33-14-12-21)39-27(24)28(32)34-18-35-39/h4-10,15-18,21,33H,3,11-14H2,1-2H3,(H,36,40)(H2,32,34,35). The van der Waals surface area contributed by atoms with Crippen LogP contribution in [0.1, 0.15) is 47.3 Å². The van der Waals surface area contributed by atoms with Crippen LogP contribution in [0.15, 0.2) is 76.7 Å². The van der Waals surface area contributed by atoms with Crippen LogP contribution >= 0.6 is 0 Å². The number of amides is 1. The molecule has 0 saturated carbocycles. The number of carbonyl (C=O) groups excluding carboxylic acids is 1. The zero-order valence-corrected chi connectivity index (χ0v) is 23.5. The van der Waals surface area contributed by atoms with Gasteiger partial charge in [-0.05, 0) is 81.2 Å². The Morgan fingerprint density at radius 2 is 1.86 bits per heavy atom. The van der Waals surface area contributed by atoms with Crippen molar-refractivity contribution in [1.29, 1.82) is 0 Å². The summed E-state index contributed by atoms with van der Waals surface area (Å²) in [4.78, 5) is 44.0. The molecule has 1 fully saturated rings. The van der Waals surface area contributed by atoms with Crippen LogP contribution in [0.5, 0.6) is 0 Å². The molecule has 11 heteroatoms. The first-order chi connectivity index (χ1) is 20.4. The maximum atomic E-state index is 13.4. The Labute approximate surface area is 241 Å². The average molecular weight is 565 g/mol. The molecule has 3 aromatic heterocycles. The predicted molar refractivity (Wildman–Crippen MR) is 162 cm³/mol. The van der Waals surface area contributed by atoms with Gasteiger partial charge in [0.1, 0.15) is 17.4 Å². The number of nitrogen functional groups attached to an aromatic ring is 1. The van der Waals surface area contributed by atoms with E-state index in [0.29, 0.717) is 29.7 Å². The molecule has 1 amide bonds. The monoisotopic (exact) mass is 564 g/mol. The lowest BCUT2D eigenvalue weighted by atomic mass is 9.94. The Balaban J connectivity index is 1.32. The molecule has 0 spiro atoms. The fourth-order valence-corrected chi connectivity index (χ4v) is 5.63. The van der Waals surface area contributed by atoms with Gasteiger partial charge in [-0.2, -0.15) is 5.10 Å². The van der Waals surface area contributed by atoms with Gasteiger partial charge in [-0.3, -0.25) is 14.2 Å². The Kier molecular flexibility index (Phi) is 7.17. The summed E-state index contributed by atoms with van der Waals surface area (Å²) in [6, 6.07) is 16.5. The number of rotatable bonds is 6. The molecule has 0 unspecified atom stereocenters. The van der Waals surface area contributed by atoms with Crippen molar-refractivity contribution in [3.63, 3.8) is 0 Å². The fourth-order valence-electron chi connectivity index (χ4n) is 5.63. The van der Waals surface area contributed by atoms with Crippen molar-refractivity contribution < 1.29 is 4.79 Å². The Morgan fingerprint density at radius 1 is 1.10 bits per heavy atom. The van der Waals surface area contributed by atoms with Crippen LogP contribution in [0, 0.1) is 6.92 Å². The molecular formula is C31H32N8O3. The summed E-state index contributed by atoms with van der Waals surface area (Å²) < 4.78 is 4.29. The average Bonchev–Trinajstić information content (AvgIpc) is 3.39. The molecule has 214 valence electrons. The van der Waals surface area contributed by atoms with E-state index in [9.17, 15) is 14.4 Å². The summed E-state index contributed by atoms with van der Waals surface area (Å²) in [6.45, 7) is 5.87. The molecule has 4 heterocycles. The molecule has 4 N–H and O–H groups in total. The van der Waals surface area contributed by atoms with Crippen LogP contribution in [0.4, 0.5) is 11.5 Å². The Hall–Kier alpha value is -5.03. The van der Waals surface area contributed by atoms with Crippen molar-refractivity contribution in [3.05, 3.63) is 105 Å². The highest BCUT2D eigenvalue weighted by molar-refractivity contribution is 6.04. The minimum absolute atomic E-state index is 0.128. The molecule has 0 aliphatic carbocycles. The molecular weight excluding hydrogens is 532 g/mol. The topological polar surface area (TPSA) is 141 Å². The largest absolute Gasteiger partial charge is 0.382 e. The van der Waals surface area contributed by atoms with Gasteiger partial charge in [0, 0.05) is 35.6 Å². The number of carbonyl (C=O) groups is 1. The van der Waals surface area contributed by atoms with Crippen molar-refractivity contribution in [2.45, 2.75) is 39.2 Å². The zero-order chi connectivity index (χ0) is 29.4. The summed E-state index contributed by atoms with van der Waals surface area (Å²) in [5.74, 6) is 0.153. The Bertz CT molecular complexity index is 1910. The third-order valence-electron chi connectivity index (χ3n) is 7.82. The fraction of sp³-hybridized carbons (Fsp3) is 0.258.